The maximum absolute atomic E-state index is 14.6. The van der Waals surface area contributed by atoms with E-state index >= 15 is 0 Å². The maximum atomic E-state index is 14.6. The molecule has 0 spiro atoms. The van der Waals surface area contributed by atoms with Crippen molar-refractivity contribution in [2.45, 2.75) is 57.9 Å². The number of nitrogens with zero attached hydrogens (tertiary/aromatic N) is 1. The van der Waals surface area contributed by atoms with Crippen LogP contribution in [0.5, 0.6) is 23.0 Å². The molecule has 7 aromatic carbocycles. The number of rotatable bonds is 27. The standard InChI is InChI=1S/C60H62N6O9/c1-7-36-72-55-50(59(68)69)32-33-53(57(55)74-40(3)4)64-51-34-35-52(58(75-41(5)6)56(51)73-37-8-2)63-47-26-24-45(25-27-47)61-39-48(62-46-28-30-49(31-29-46)66(70)71)38-54(67)65-60(42-18-12-9-13-19-42,43-20-14-10-15-21-43)44-22-16-11-17-23-44/h7-35,40-41,48,61-64H,1-2,36-39H2,3-6H3,(H,65,67)(H,68,69)/t48-/m0/s1. The number of carbonyl (C=O) groups excluding carboxylic acids is 1. The molecule has 0 aromatic heterocycles. The van der Waals surface area contributed by atoms with Gasteiger partial charge in [0.1, 0.15) is 24.3 Å². The van der Waals surface area contributed by atoms with Crippen molar-refractivity contribution in [3.05, 3.63) is 221 Å². The number of nitro benzene ring substituents is 1. The number of carboxylic acid groups (broad SMARTS) is 1. The molecule has 6 N–H and O–H groups in total. The smallest absolute Gasteiger partial charge is 0.339 e. The van der Waals surface area contributed by atoms with Crippen molar-refractivity contribution in [3.8, 4) is 23.0 Å². The SMILES string of the molecule is C=CCOc1c(Nc2ccc(C(=O)O)c(OCC=C)c2OC(C)C)ccc(Nc2ccc(NC[C@H](CC(=O)NC(c3ccccc3)(c3ccccc3)c3ccccc3)Nc3ccc([N+](=O)[O-])cc3)cc2)c1OC(C)C. The summed E-state index contributed by atoms with van der Waals surface area (Å²) >= 11 is 0. The van der Waals surface area contributed by atoms with Gasteiger partial charge in [-0.05, 0) is 105 Å². The predicted octanol–water partition coefficient (Wildman–Crippen LogP) is 12.9. The fraction of sp³-hybridized carbons (Fsp3) is 0.200. The Hall–Kier alpha value is -9.24. The van der Waals surface area contributed by atoms with E-state index in [1.807, 2.05) is 155 Å². The van der Waals surface area contributed by atoms with Gasteiger partial charge in [0.05, 0.1) is 40.2 Å². The number of hydrogen-bond donors (Lipinski definition) is 6. The summed E-state index contributed by atoms with van der Waals surface area (Å²) in [5.41, 5.74) is 5.15. The van der Waals surface area contributed by atoms with E-state index < -0.39 is 22.5 Å². The quantitative estimate of drug-likeness (QED) is 0.0123. The lowest BCUT2D eigenvalue weighted by Crippen LogP contribution is -2.49. The zero-order valence-corrected chi connectivity index (χ0v) is 42.4. The van der Waals surface area contributed by atoms with Gasteiger partial charge in [-0.25, -0.2) is 4.79 Å². The zero-order valence-electron chi connectivity index (χ0n) is 42.4. The van der Waals surface area contributed by atoms with Crippen LogP contribution in [0, 0.1) is 10.1 Å². The molecule has 0 aliphatic heterocycles. The second-order valence-electron chi connectivity index (χ2n) is 17.9. The summed E-state index contributed by atoms with van der Waals surface area (Å²) < 4.78 is 24.8. The van der Waals surface area contributed by atoms with E-state index in [0.29, 0.717) is 40.8 Å². The molecule has 0 fully saturated rings. The molecular weight excluding hydrogens is 949 g/mol. The van der Waals surface area contributed by atoms with Gasteiger partial charge in [0.2, 0.25) is 5.91 Å². The second kappa shape index (κ2) is 25.4. The van der Waals surface area contributed by atoms with Crippen LogP contribution in [0.25, 0.3) is 0 Å². The van der Waals surface area contributed by atoms with Crippen LogP contribution in [0.1, 0.15) is 61.2 Å². The third-order valence-corrected chi connectivity index (χ3v) is 11.7. The number of carboxylic acids is 1. The van der Waals surface area contributed by atoms with E-state index in [0.717, 1.165) is 28.1 Å². The van der Waals surface area contributed by atoms with E-state index in [1.54, 1.807) is 24.3 Å². The van der Waals surface area contributed by atoms with Crippen LogP contribution in [-0.4, -0.2) is 59.9 Å². The van der Waals surface area contributed by atoms with Gasteiger partial charge in [-0.15, -0.1) is 0 Å². The molecular formula is C60H62N6O9. The van der Waals surface area contributed by atoms with Gasteiger partial charge in [0, 0.05) is 42.2 Å². The number of carbonyl (C=O) groups is 2. The number of non-ortho nitro benzene ring substituents is 1. The second-order valence-corrected chi connectivity index (χ2v) is 17.9. The number of nitro groups is 1. The van der Waals surface area contributed by atoms with Gasteiger partial charge in [-0.1, -0.05) is 116 Å². The third kappa shape index (κ3) is 13.6. The summed E-state index contributed by atoms with van der Waals surface area (Å²) in [6.07, 6.45) is 2.57. The average molecular weight is 1010 g/mol. The topological polar surface area (TPSA) is 195 Å². The number of ether oxygens (including phenoxy) is 4. The molecule has 0 aliphatic rings. The minimum Gasteiger partial charge on any atom is -0.485 e. The lowest BCUT2D eigenvalue weighted by atomic mass is 9.77. The Bertz CT molecular complexity index is 2950. The largest absolute Gasteiger partial charge is 0.485 e. The Morgan fingerprint density at radius 3 is 1.55 bits per heavy atom. The summed E-state index contributed by atoms with van der Waals surface area (Å²) in [6, 6.07) is 49.6. The highest BCUT2D eigenvalue weighted by Gasteiger charge is 2.38. The fourth-order valence-corrected chi connectivity index (χ4v) is 8.43. The van der Waals surface area contributed by atoms with E-state index in [2.05, 4.69) is 39.7 Å². The van der Waals surface area contributed by atoms with Crippen LogP contribution in [-0.2, 0) is 10.3 Å². The Kier molecular flexibility index (Phi) is 18.2. The first kappa shape index (κ1) is 53.6. The van der Waals surface area contributed by atoms with Crippen molar-refractivity contribution >= 4 is 51.7 Å². The highest BCUT2D eigenvalue weighted by molar-refractivity contribution is 5.94. The lowest BCUT2D eigenvalue weighted by molar-refractivity contribution is -0.384. The van der Waals surface area contributed by atoms with Crippen molar-refractivity contribution in [2.24, 2.45) is 0 Å². The average Bonchev–Trinajstić information content (AvgIpc) is 3.41. The number of anilines is 6. The van der Waals surface area contributed by atoms with Crippen LogP contribution in [0.3, 0.4) is 0 Å². The van der Waals surface area contributed by atoms with Gasteiger partial charge >= 0.3 is 5.97 Å². The molecule has 0 saturated carbocycles. The monoisotopic (exact) mass is 1010 g/mol. The Morgan fingerprint density at radius 2 is 1.05 bits per heavy atom. The summed E-state index contributed by atoms with van der Waals surface area (Å²) in [7, 11) is 0. The van der Waals surface area contributed by atoms with Gasteiger partial charge < -0.3 is 50.6 Å². The normalized spacial score (nSPS) is 11.4. The van der Waals surface area contributed by atoms with Gasteiger partial charge in [-0.3, -0.25) is 14.9 Å². The van der Waals surface area contributed by atoms with E-state index in [9.17, 15) is 24.8 Å². The van der Waals surface area contributed by atoms with Gasteiger partial charge in [-0.2, -0.15) is 0 Å². The lowest BCUT2D eigenvalue weighted by Gasteiger charge is -2.37. The Labute approximate surface area is 437 Å². The van der Waals surface area contributed by atoms with Crippen molar-refractivity contribution in [1.29, 1.82) is 0 Å². The fourth-order valence-electron chi connectivity index (χ4n) is 8.43. The van der Waals surface area contributed by atoms with Crippen molar-refractivity contribution < 1.29 is 38.6 Å². The number of nitrogens with one attached hydrogen (secondary N) is 5. The molecule has 0 radical (unpaired) electrons. The summed E-state index contributed by atoms with van der Waals surface area (Å²) in [5.74, 6) is -0.374. The van der Waals surface area contributed by atoms with Gasteiger partial charge in [0.15, 0.2) is 23.0 Å². The predicted molar refractivity (Wildman–Crippen MR) is 297 cm³/mol. The van der Waals surface area contributed by atoms with Crippen molar-refractivity contribution in [1.82, 2.24) is 5.32 Å². The highest BCUT2D eigenvalue weighted by atomic mass is 16.6. The molecule has 15 nitrogen and oxygen atoms in total. The first-order valence-electron chi connectivity index (χ1n) is 24.5. The molecule has 0 unspecified atom stereocenters. The molecule has 0 heterocycles. The third-order valence-electron chi connectivity index (χ3n) is 11.7. The molecule has 15 heteroatoms. The van der Waals surface area contributed by atoms with Crippen molar-refractivity contribution in [2.75, 3.05) is 41.0 Å². The van der Waals surface area contributed by atoms with E-state index in [-0.39, 0.29) is 60.5 Å². The van der Waals surface area contributed by atoms with Crippen LogP contribution >= 0.6 is 0 Å². The van der Waals surface area contributed by atoms with Crippen molar-refractivity contribution in [3.63, 3.8) is 0 Å². The number of amides is 1. The molecule has 7 rings (SSSR count). The maximum Gasteiger partial charge on any atom is 0.339 e. The molecule has 1 atom stereocenters. The van der Waals surface area contributed by atoms with Crippen LogP contribution in [0.2, 0.25) is 0 Å². The minimum atomic E-state index is -1.18. The Morgan fingerprint density at radius 1 is 0.600 bits per heavy atom. The first-order valence-corrected chi connectivity index (χ1v) is 24.5. The van der Waals surface area contributed by atoms with E-state index in [1.165, 1.54) is 24.3 Å². The highest BCUT2D eigenvalue weighted by Crippen LogP contribution is 2.48. The molecule has 386 valence electrons. The number of hydrogen-bond acceptors (Lipinski definition) is 12. The Balaban J connectivity index is 1.15. The molecule has 0 aliphatic carbocycles. The first-order chi connectivity index (χ1) is 36.3. The summed E-state index contributed by atoms with van der Waals surface area (Å²) in [5, 5.41) is 38.8. The molecule has 1 amide bonds. The molecule has 7 aromatic rings. The zero-order chi connectivity index (χ0) is 53.3. The van der Waals surface area contributed by atoms with Crippen LogP contribution in [0.15, 0.2) is 189 Å². The minimum absolute atomic E-state index is 0.0293. The molecule has 75 heavy (non-hydrogen) atoms. The molecule has 0 saturated heterocycles. The number of aromatic carboxylic acids is 1. The van der Waals surface area contributed by atoms with Gasteiger partial charge in [0.25, 0.3) is 5.69 Å². The summed E-state index contributed by atoms with van der Waals surface area (Å²) in [4.78, 5) is 38.0. The summed E-state index contributed by atoms with van der Waals surface area (Å²) in [6.45, 7) is 15.5. The molecule has 0 bridgehead atoms. The van der Waals surface area contributed by atoms with E-state index in [4.69, 9.17) is 18.9 Å². The van der Waals surface area contributed by atoms with Crippen LogP contribution < -0.4 is 45.5 Å². The van der Waals surface area contributed by atoms with Crippen LogP contribution in [0.4, 0.5) is 39.8 Å². The number of benzene rings is 7.